The van der Waals surface area contributed by atoms with E-state index >= 15 is 0 Å². The Morgan fingerprint density at radius 3 is 2.12 bits per heavy atom. The van der Waals surface area contributed by atoms with Gasteiger partial charge in [0.1, 0.15) is 0 Å². The van der Waals surface area contributed by atoms with Crippen molar-refractivity contribution in [2.75, 3.05) is 10.6 Å². The lowest BCUT2D eigenvalue weighted by atomic mass is 9.97. The van der Waals surface area contributed by atoms with Gasteiger partial charge in [-0.2, -0.15) is 0 Å². The van der Waals surface area contributed by atoms with Gasteiger partial charge in [-0.25, -0.2) is 0 Å². The second kappa shape index (κ2) is 7.49. The SMILES string of the molecule is O=C(CC1(O)CCCC1)Nc1ccc(C(=O)Nc2ccccc2)cc1. The Bertz CT molecular complexity index is 735. The Kier molecular flexibility index (Phi) is 5.14. The molecule has 2 aromatic rings. The Hall–Kier alpha value is -2.66. The van der Waals surface area contributed by atoms with Crippen LogP contribution >= 0.6 is 0 Å². The lowest BCUT2D eigenvalue weighted by Crippen LogP contribution is -2.30. The molecule has 2 aromatic carbocycles. The molecule has 0 atom stereocenters. The van der Waals surface area contributed by atoms with Crippen LogP contribution in [0, 0.1) is 0 Å². The van der Waals surface area contributed by atoms with Crippen molar-refractivity contribution in [3.8, 4) is 0 Å². The summed E-state index contributed by atoms with van der Waals surface area (Å²) in [5.41, 5.74) is 0.994. The number of aliphatic hydroxyl groups is 1. The molecule has 2 amide bonds. The number of para-hydroxylation sites is 1. The molecule has 3 rings (SSSR count). The molecule has 0 saturated heterocycles. The largest absolute Gasteiger partial charge is 0.389 e. The number of carbonyl (C=O) groups excluding carboxylic acids is 2. The monoisotopic (exact) mass is 338 g/mol. The first-order chi connectivity index (χ1) is 12.0. The van der Waals surface area contributed by atoms with E-state index in [-0.39, 0.29) is 18.2 Å². The second-order valence-corrected chi connectivity index (χ2v) is 6.55. The summed E-state index contributed by atoms with van der Waals surface area (Å²) in [5.74, 6) is -0.407. The van der Waals surface area contributed by atoms with E-state index in [2.05, 4.69) is 10.6 Å². The minimum atomic E-state index is -0.862. The van der Waals surface area contributed by atoms with Gasteiger partial charge in [-0.1, -0.05) is 31.0 Å². The van der Waals surface area contributed by atoms with E-state index in [0.29, 0.717) is 24.1 Å². The summed E-state index contributed by atoms with van der Waals surface area (Å²) in [5, 5.41) is 15.9. The number of nitrogens with one attached hydrogen (secondary N) is 2. The van der Waals surface area contributed by atoms with Crippen LogP contribution in [0.25, 0.3) is 0 Å². The molecule has 0 radical (unpaired) electrons. The van der Waals surface area contributed by atoms with Crippen molar-refractivity contribution in [1.29, 1.82) is 0 Å². The number of amides is 2. The van der Waals surface area contributed by atoms with Crippen molar-refractivity contribution in [2.45, 2.75) is 37.7 Å². The van der Waals surface area contributed by atoms with Crippen LogP contribution in [-0.4, -0.2) is 22.5 Å². The third kappa shape index (κ3) is 4.67. The van der Waals surface area contributed by atoms with Crippen molar-refractivity contribution < 1.29 is 14.7 Å². The minimum Gasteiger partial charge on any atom is -0.389 e. The van der Waals surface area contributed by atoms with E-state index in [1.807, 2.05) is 30.3 Å². The van der Waals surface area contributed by atoms with Gasteiger partial charge < -0.3 is 15.7 Å². The van der Waals surface area contributed by atoms with Crippen LogP contribution in [0.5, 0.6) is 0 Å². The van der Waals surface area contributed by atoms with Crippen LogP contribution in [0.15, 0.2) is 54.6 Å². The number of hydrogen-bond acceptors (Lipinski definition) is 3. The third-order valence-corrected chi connectivity index (χ3v) is 4.49. The van der Waals surface area contributed by atoms with Crippen LogP contribution in [-0.2, 0) is 4.79 Å². The quantitative estimate of drug-likeness (QED) is 0.780. The van der Waals surface area contributed by atoms with Crippen LogP contribution in [0.1, 0.15) is 42.5 Å². The highest BCUT2D eigenvalue weighted by Crippen LogP contribution is 2.32. The number of benzene rings is 2. The molecule has 1 fully saturated rings. The highest BCUT2D eigenvalue weighted by molar-refractivity contribution is 6.04. The van der Waals surface area contributed by atoms with Gasteiger partial charge in [0, 0.05) is 16.9 Å². The Labute approximate surface area is 147 Å². The van der Waals surface area contributed by atoms with Crippen molar-refractivity contribution >= 4 is 23.2 Å². The van der Waals surface area contributed by atoms with Crippen LogP contribution < -0.4 is 10.6 Å². The highest BCUT2D eigenvalue weighted by atomic mass is 16.3. The van der Waals surface area contributed by atoms with Gasteiger partial charge in [0.2, 0.25) is 5.91 Å². The Morgan fingerprint density at radius 1 is 0.880 bits per heavy atom. The molecule has 1 saturated carbocycles. The predicted molar refractivity (Wildman–Crippen MR) is 97.5 cm³/mol. The Balaban J connectivity index is 1.56. The molecule has 0 unspecified atom stereocenters. The zero-order valence-corrected chi connectivity index (χ0v) is 14.0. The smallest absolute Gasteiger partial charge is 0.255 e. The second-order valence-electron chi connectivity index (χ2n) is 6.55. The molecule has 0 spiro atoms. The summed E-state index contributed by atoms with van der Waals surface area (Å²) >= 11 is 0. The fourth-order valence-electron chi connectivity index (χ4n) is 3.14. The molecule has 3 N–H and O–H groups in total. The molecular formula is C20H22N2O3. The fraction of sp³-hybridized carbons (Fsp3) is 0.300. The van der Waals surface area contributed by atoms with E-state index in [1.54, 1.807) is 24.3 Å². The standard InChI is InChI=1S/C20H22N2O3/c23-18(14-20(25)12-4-5-13-20)21-17-10-8-15(9-11-17)19(24)22-16-6-2-1-3-7-16/h1-3,6-11,25H,4-5,12-14H2,(H,21,23)(H,22,24). The summed E-state index contributed by atoms with van der Waals surface area (Å²) in [7, 11) is 0. The normalized spacial score (nSPS) is 15.6. The molecule has 5 heteroatoms. The highest BCUT2D eigenvalue weighted by Gasteiger charge is 2.33. The van der Waals surface area contributed by atoms with Crippen LogP contribution in [0.2, 0.25) is 0 Å². The third-order valence-electron chi connectivity index (χ3n) is 4.49. The summed E-state index contributed by atoms with van der Waals surface area (Å²) in [4.78, 5) is 24.3. The molecule has 130 valence electrons. The molecule has 0 aromatic heterocycles. The maximum Gasteiger partial charge on any atom is 0.255 e. The fourth-order valence-corrected chi connectivity index (χ4v) is 3.14. The molecule has 0 heterocycles. The average Bonchev–Trinajstić information content (AvgIpc) is 3.02. The lowest BCUT2D eigenvalue weighted by molar-refractivity contribution is -0.120. The number of carbonyl (C=O) groups is 2. The summed E-state index contributed by atoms with van der Waals surface area (Å²) < 4.78 is 0. The van der Waals surface area contributed by atoms with Gasteiger partial charge in [-0.15, -0.1) is 0 Å². The van der Waals surface area contributed by atoms with E-state index in [1.165, 1.54) is 0 Å². The van der Waals surface area contributed by atoms with Crippen molar-refractivity contribution in [2.24, 2.45) is 0 Å². The molecule has 0 bridgehead atoms. The number of hydrogen-bond donors (Lipinski definition) is 3. The van der Waals surface area contributed by atoms with Gasteiger partial charge in [-0.05, 0) is 49.2 Å². The van der Waals surface area contributed by atoms with Gasteiger partial charge in [0.05, 0.1) is 12.0 Å². The molecule has 5 nitrogen and oxygen atoms in total. The first-order valence-electron chi connectivity index (χ1n) is 8.53. The molecule has 1 aliphatic rings. The predicted octanol–water partition coefficient (Wildman–Crippen LogP) is 3.57. The molecule has 1 aliphatic carbocycles. The number of anilines is 2. The van der Waals surface area contributed by atoms with Crippen molar-refractivity contribution in [1.82, 2.24) is 0 Å². The average molecular weight is 338 g/mol. The van der Waals surface area contributed by atoms with Gasteiger partial charge >= 0.3 is 0 Å². The van der Waals surface area contributed by atoms with Crippen LogP contribution in [0.3, 0.4) is 0 Å². The molecular weight excluding hydrogens is 316 g/mol. The first kappa shape index (κ1) is 17.2. The van der Waals surface area contributed by atoms with Crippen molar-refractivity contribution in [3.05, 3.63) is 60.2 Å². The van der Waals surface area contributed by atoms with Gasteiger partial charge in [0.15, 0.2) is 0 Å². The van der Waals surface area contributed by atoms with Crippen LogP contribution in [0.4, 0.5) is 11.4 Å². The maximum atomic E-state index is 12.2. The number of rotatable bonds is 5. The zero-order valence-electron chi connectivity index (χ0n) is 14.0. The van der Waals surface area contributed by atoms with E-state index in [0.717, 1.165) is 18.5 Å². The minimum absolute atomic E-state index is 0.114. The zero-order chi connectivity index (χ0) is 17.7. The van der Waals surface area contributed by atoms with Crippen molar-refractivity contribution in [3.63, 3.8) is 0 Å². The summed E-state index contributed by atoms with van der Waals surface area (Å²) in [6, 6.07) is 15.9. The maximum absolute atomic E-state index is 12.2. The topological polar surface area (TPSA) is 78.4 Å². The molecule has 25 heavy (non-hydrogen) atoms. The lowest BCUT2D eigenvalue weighted by Gasteiger charge is -2.21. The van der Waals surface area contributed by atoms with Gasteiger partial charge in [-0.3, -0.25) is 9.59 Å². The van der Waals surface area contributed by atoms with E-state index in [4.69, 9.17) is 0 Å². The summed E-state index contributed by atoms with van der Waals surface area (Å²) in [6.45, 7) is 0. The Morgan fingerprint density at radius 2 is 1.48 bits per heavy atom. The molecule has 0 aliphatic heterocycles. The summed E-state index contributed by atoms with van der Waals surface area (Å²) in [6.07, 6.45) is 3.41. The first-order valence-corrected chi connectivity index (χ1v) is 8.53. The van der Waals surface area contributed by atoms with E-state index < -0.39 is 5.60 Å². The van der Waals surface area contributed by atoms with E-state index in [9.17, 15) is 14.7 Å². The van der Waals surface area contributed by atoms with Gasteiger partial charge in [0.25, 0.3) is 5.91 Å².